The zero-order valence-corrected chi connectivity index (χ0v) is 29.1. The summed E-state index contributed by atoms with van der Waals surface area (Å²) in [7, 11) is 0.885. The van der Waals surface area contributed by atoms with E-state index in [1.165, 1.54) is 19.1 Å². The van der Waals surface area contributed by atoms with Crippen LogP contribution in [-0.2, 0) is 25.5 Å². The molecule has 0 aliphatic carbocycles. The van der Waals surface area contributed by atoms with E-state index in [-0.39, 0.29) is 49.1 Å². The zero-order chi connectivity index (χ0) is 37.0. The number of allylic oxidation sites excluding steroid dienone is 2. The fourth-order valence-corrected chi connectivity index (χ4v) is 5.38. The first-order chi connectivity index (χ1) is 24.4. The standard InChI is InChI=1S/C36H38F3N3O9.ClH/c1-23-30(31(25-9-6-10-26(20-25)42(46)47)32(34(44)48-2)33(41-23)36(37,38)39)35(45)50-19-18-49-29-15-13-24(14-16-29)8-7-17-40-21-27(43)22-51-28-11-4-3-5-12-28;/h3-6,9-16,20,27,31,40-41,43H,7-8,17-19,21-22H2,1-2H3;1H. The molecular weight excluding hydrogens is 711 g/mol. The highest BCUT2D eigenvalue weighted by Crippen LogP contribution is 2.44. The number of hydrogen-bond donors (Lipinski definition) is 3. The number of aliphatic hydroxyl groups excluding tert-OH is 1. The SMILES string of the molecule is COC(=O)C1=C(C(F)(F)F)NC(C)=C(C(=O)OCCOc2ccc(CCCNCC(O)COc3ccccc3)cc2)C1c1cccc([N+](=O)[O-])c1.Cl. The van der Waals surface area contributed by atoms with Crippen LogP contribution in [0, 0.1) is 10.1 Å². The lowest BCUT2D eigenvalue weighted by atomic mass is 9.80. The van der Waals surface area contributed by atoms with Crippen molar-refractivity contribution in [2.75, 3.05) is 40.0 Å². The number of rotatable bonds is 17. The summed E-state index contributed by atoms with van der Waals surface area (Å²) in [4.78, 5) is 36.8. The average Bonchev–Trinajstić information content (AvgIpc) is 3.12. The molecule has 0 spiro atoms. The summed E-state index contributed by atoms with van der Waals surface area (Å²) >= 11 is 0. The van der Waals surface area contributed by atoms with Gasteiger partial charge in [0.15, 0.2) is 0 Å². The van der Waals surface area contributed by atoms with Gasteiger partial charge in [-0.05, 0) is 61.7 Å². The Morgan fingerprint density at radius 1 is 0.962 bits per heavy atom. The summed E-state index contributed by atoms with van der Waals surface area (Å²) in [6.07, 6.45) is -4.11. The number of para-hydroxylation sites is 1. The Balaban J connectivity index is 0.00000729. The number of ether oxygens (including phenoxy) is 4. The molecule has 0 saturated carbocycles. The molecule has 2 unspecified atom stereocenters. The second-order valence-electron chi connectivity index (χ2n) is 11.4. The highest BCUT2D eigenvalue weighted by Gasteiger charge is 2.47. The van der Waals surface area contributed by atoms with Crippen LogP contribution in [0.1, 0.15) is 30.4 Å². The van der Waals surface area contributed by atoms with Gasteiger partial charge in [-0.15, -0.1) is 12.4 Å². The predicted octanol–water partition coefficient (Wildman–Crippen LogP) is 5.55. The Hall–Kier alpha value is -5.12. The fourth-order valence-electron chi connectivity index (χ4n) is 5.38. The van der Waals surface area contributed by atoms with E-state index in [1.807, 2.05) is 42.5 Å². The molecule has 3 N–H and O–H groups in total. The number of benzene rings is 3. The molecule has 16 heteroatoms. The molecule has 0 aromatic heterocycles. The number of nitro groups is 1. The van der Waals surface area contributed by atoms with Gasteiger partial charge >= 0.3 is 18.1 Å². The Labute approximate surface area is 304 Å². The minimum Gasteiger partial charge on any atom is -0.491 e. The number of dihydropyridines is 1. The number of aliphatic hydroxyl groups is 1. The number of nitrogens with one attached hydrogen (secondary N) is 2. The third-order valence-electron chi connectivity index (χ3n) is 7.78. The zero-order valence-electron chi connectivity index (χ0n) is 28.3. The van der Waals surface area contributed by atoms with Crippen LogP contribution in [0.3, 0.4) is 0 Å². The van der Waals surface area contributed by atoms with E-state index in [1.54, 1.807) is 12.1 Å². The van der Waals surface area contributed by atoms with Gasteiger partial charge in [-0.3, -0.25) is 10.1 Å². The molecule has 4 rings (SSSR count). The van der Waals surface area contributed by atoms with Gasteiger partial charge in [0.1, 0.15) is 43.1 Å². The van der Waals surface area contributed by atoms with E-state index in [2.05, 4.69) is 15.4 Å². The third-order valence-corrected chi connectivity index (χ3v) is 7.78. The molecule has 0 saturated heterocycles. The molecule has 1 aliphatic rings. The molecule has 280 valence electrons. The first-order valence-electron chi connectivity index (χ1n) is 16.0. The van der Waals surface area contributed by atoms with Crippen molar-refractivity contribution in [3.05, 3.63) is 123 Å². The van der Waals surface area contributed by atoms with Crippen LogP contribution in [0.4, 0.5) is 18.9 Å². The second kappa shape index (κ2) is 19.5. The number of nitro benzene ring substituents is 1. The molecule has 0 bridgehead atoms. The van der Waals surface area contributed by atoms with Gasteiger partial charge in [-0.1, -0.05) is 42.5 Å². The highest BCUT2D eigenvalue weighted by atomic mass is 35.5. The smallest absolute Gasteiger partial charge is 0.431 e. The molecule has 3 aromatic rings. The average molecular weight is 750 g/mol. The van der Waals surface area contributed by atoms with Crippen LogP contribution < -0.4 is 20.1 Å². The molecule has 0 fully saturated rings. The van der Waals surface area contributed by atoms with E-state index < -0.39 is 52.0 Å². The topological polar surface area (TPSA) is 158 Å². The number of nitrogens with zero attached hydrogens (tertiary/aromatic N) is 1. The first kappa shape index (κ1) is 41.3. The van der Waals surface area contributed by atoms with Crippen LogP contribution in [-0.4, -0.2) is 74.3 Å². The lowest BCUT2D eigenvalue weighted by Crippen LogP contribution is -2.38. The van der Waals surface area contributed by atoms with Crippen molar-refractivity contribution in [3.63, 3.8) is 0 Å². The molecule has 3 aromatic carbocycles. The van der Waals surface area contributed by atoms with Gasteiger partial charge in [-0.2, -0.15) is 13.2 Å². The maximum atomic E-state index is 14.1. The largest absolute Gasteiger partial charge is 0.491 e. The molecule has 12 nitrogen and oxygen atoms in total. The minimum absolute atomic E-state index is 0. The Morgan fingerprint density at radius 3 is 2.31 bits per heavy atom. The van der Waals surface area contributed by atoms with Crippen molar-refractivity contribution in [2.24, 2.45) is 0 Å². The van der Waals surface area contributed by atoms with Crippen LogP contribution in [0.15, 0.2) is 101 Å². The number of carbonyl (C=O) groups is 2. The highest BCUT2D eigenvalue weighted by molar-refractivity contribution is 6.00. The van der Waals surface area contributed by atoms with Gasteiger partial charge in [0.2, 0.25) is 0 Å². The Morgan fingerprint density at radius 2 is 1.65 bits per heavy atom. The summed E-state index contributed by atoms with van der Waals surface area (Å²) in [6.45, 7) is 2.08. The van der Waals surface area contributed by atoms with Crippen LogP contribution >= 0.6 is 12.4 Å². The number of esters is 2. The van der Waals surface area contributed by atoms with E-state index in [0.717, 1.165) is 37.6 Å². The minimum atomic E-state index is -5.05. The van der Waals surface area contributed by atoms with E-state index in [9.17, 15) is 38.0 Å². The number of methoxy groups -OCH3 is 1. The lowest BCUT2D eigenvalue weighted by molar-refractivity contribution is -0.384. The number of hydrogen-bond acceptors (Lipinski definition) is 11. The van der Waals surface area contributed by atoms with Crippen molar-refractivity contribution in [1.29, 1.82) is 0 Å². The molecule has 2 atom stereocenters. The summed E-state index contributed by atoms with van der Waals surface area (Å²) in [5.41, 5.74) is -2.51. The van der Waals surface area contributed by atoms with E-state index >= 15 is 0 Å². The number of alkyl halides is 3. The molecular formula is C36H39ClF3N3O9. The Kier molecular flexibility index (Phi) is 15.5. The molecule has 0 amide bonds. The third kappa shape index (κ3) is 11.4. The summed E-state index contributed by atoms with van der Waals surface area (Å²) in [5.74, 6) is -2.93. The van der Waals surface area contributed by atoms with Crippen molar-refractivity contribution in [1.82, 2.24) is 10.6 Å². The maximum absolute atomic E-state index is 14.1. The first-order valence-corrected chi connectivity index (χ1v) is 16.0. The predicted molar refractivity (Wildman–Crippen MR) is 186 cm³/mol. The maximum Gasteiger partial charge on any atom is 0.431 e. The second-order valence-corrected chi connectivity index (χ2v) is 11.4. The number of halogens is 4. The van der Waals surface area contributed by atoms with E-state index in [0.29, 0.717) is 24.6 Å². The number of non-ortho nitro benzene ring substituents is 1. The molecule has 1 aliphatic heterocycles. The van der Waals surface area contributed by atoms with Crippen LogP contribution in [0.2, 0.25) is 0 Å². The van der Waals surface area contributed by atoms with Crippen molar-refractivity contribution >= 4 is 30.0 Å². The van der Waals surface area contributed by atoms with Gasteiger partial charge < -0.3 is 34.7 Å². The molecule has 1 heterocycles. The summed E-state index contributed by atoms with van der Waals surface area (Å²) in [6, 6.07) is 21.1. The normalized spacial score (nSPS) is 14.8. The quantitative estimate of drug-likeness (QED) is 0.0688. The Bertz CT molecular complexity index is 1740. The lowest BCUT2D eigenvalue weighted by Gasteiger charge is -2.31. The van der Waals surface area contributed by atoms with Gasteiger partial charge in [0.25, 0.3) is 5.69 Å². The van der Waals surface area contributed by atoms with Crippen molar-refractivity contribution in [2.45, 2.75) is 38.0 Å². The van der Waals surface area contributed by atoms with Gasteiger partial charge in [0.05, 0.1) is 29.1 Å². The summed E-state index contributed by atoms with van der Waals surface area (Å²) in [5, 5.41) is 26.8. The van der Waals surface area contributed by atoms with Crippen molar-refractivity contribution in [3.8, 4) is 11.5 Å². The summed E-state index contributed by atoms with van der Waals surface area (Å²) < 4.78 is 63.5. The molecule has 52 heavy (non-hydrogen) atoms. The monoisotopic (exact) mass is 749 g/mol. The van der Waals surface area contributed by atoms with Crippen LogP contribution in [0.25, 0.3) is 0 Å². The number of aryl methyl sites for hydroxylation is 1. The van der Waals surface area contributed by atoms with Crippen LogP contribution in [0.5, 0.6) is 11.5 Å². The van der Waals surface area contributed by atoms with E-state index in [4.69, 9.17) is 14.2 Å². The number of carbonyl (C=O) groups excluding carboxylic acids is 2. The van der Waals surface area contributed by atoms with Gasteiger partial charge in [0, 0.05) is 24.4 Å². The fraction of sp³-hybridized carbons (Fsp3) is 0.333. The molecule has 0 radical (unpaired) electrons. The van der Waals surface area contributed by atoms with Crippen molar-refractivity contribution < 1.29 is 51.7 Å². The van der Waals surface area contributed by atoms with Gasteiger partial charge in [-0.25, -0.2) is 9.59 Å².